The number of urea groups is 1. The Morgan fingerprint density at radius 3 is 2.60 bits per heavy atom. The number of nitrogens with zero attached hydrogens (tertiary/aromatic N) is 4. The molecule has 35 heavy (non-hydrogen) atoms. The van der Waals surface area contributed by atoms with Crippen LogP contribution < -0.4 is 10.3 Å². The fourth-order valence-corrected chi connectivity index (χ4v) is 5.72. The van der Waals surface area contributed by atoms with Crippen LogP contribution in [0, 0.1) is 11.7 Å². The molecule has 0 bridgehead atoms. The molecule has 192 valence electrons. The second-order valence-corrected chi connectivity index (χ2v) is 11.2. The SMILES string of the molecule is CN(C)C(=O)N(C)C1CCCC(CS(=O)(=O)NNC(=O)c2cc(-c3cn(C)cn3)cc(Cl)c2F)C1. The number of carbonyl (C=O) groups excluding carboxylic acids is 2. The zero-order valence-electron chi connectivity index (χ0n) is 20.1. The van der Waals surface area contributed by atoms with Gasteiger partial charge in [-0.25, -0.2) is 22.6 Å². The van der Waals surface area contributed by atoms with Crippen molar-refractivity contribution in [3.63, 3.8) is 0 Å². The van der Waals surface area contributed by atoms with Crippen molar-refractivity contribution in [1.82, 2.24) is 29.6 Å². The lowest BCUT2D eigenvalue weighted by Gasteiger charge is -2.36. The largest absolute Gasteiger partial charge is 0.340 e. The molecule has 0 saturated heterocycles. The lowest BCUT2D eigenvalue weighted by molar-refractivity contribution is 0.0940. The first-order valence-corrected chi connectivity index (χ1v) is 13.1. The van der Waals surface area contributed by atoms with E-state index in [0.29, 0.717) is 24.1 Å². The van der Waals surface area contributed by atoms with E-state index in [1.54, 1.807) is 50.2 Å². The summed E-state index contributed by atoms with van der Waals surface area (Å²) in [6.07, 6.45) is 6.02. The van der Waals surface area contributed by atoms with Crippen LogP contribution in [0.4, 0.5) is 9.18 Å². The zero-order chi connectivity index (χ0) is 25.9. The van der Waals surface area contributed by atoms with Gasteiger partial charge in [-0.1, -0.05) is 18.0 Å². The number of amides is 3. The molecule has 13 heteroatoms. The van der Waals surface area contributed by atoms with Gasteiger partial charge in [0.25, 0.3) is 5.91 Å². The van der Waals surface area contributed by atoms with Gasteiger partial charge in [-0.05, 0) is 37.3 Å². The highest BCUT2D eigenvalue weighted by atomic mass is 35.5. The monoisotopic (exact) mass is 528 g/mol. The predicted octanol–water partition coefficient (Wildman–Crippen LogP) is 2.62. The Kier molecular flexibility index (Phi) is 8.39. The summed E-state index contributed by atoms with van der Waals surface area (Å²) in [4.78, 5) is 34.2. The number of hydrogen-bond acceptors (Lipinski definition) is 5. The number of hydrazine groups is 1. The normalized spacial score (nSPS) is 18.2. The van der Waals surface area contributed by atoms with Crippen molar-refractivity contribution < 1.29 is 22.4 Å². The molecule has 3 rings (SSSR count). The summed E-state index contributed by atoms with van der Waals surface area (Å²) in [5.74, 6) is -2.38. The summed E-state index contributed by atoms with van der Waals surface area (Å²) < 4.78 is 41.5. The third kappa shape index (κ3) is 6.71. The molecule has 3 amide bonds. The van der Waals surface area contributed by atoms with E-state index in [4.69, 9.17) is 11.6 Å². The van der Waals surface area contributed by atoms with E-state index in [-0.39, 0.29) is 28.8 Å². The minimum atomic E-state index is -3.92. The Balaban J connectivity index is 1.64. The number of imidazole rings is 1. The van der Waals surface area contributed by atoms with Gasteiger partial charge in [0.1, 0.15) is 0 Å². The van der Waals surface area contributed by atoms with Gasteiger partial charge >= 0.3 is 6.03 Å². The van der Waals surface area contributed by atoms with Crippen LogP contribution in [-0.2, 0) is 17.1 Å². The molecule has 2 unspecified atom stereocenters. The molecule has 2 atom stereocenters. The van der Waals surface area contributed by atoms with Crippen LogP contribution in [0.2, 0.25) is 5.02 Å². The Morgan fingerprint density at radius 2 is 1.97 bits per heavy atom. The third-order valence-electron chi connectivity index (χ3n) is 6.04. The third-order valence-corrected chi connectivity index (χ3v) is 7.63. The van der Waals surface area contributed by atoms with Gasteiger partial charge in [0.05, 0.1) is 28.4 Å². The van der Waals surface area contributed by atoms with Crippen LogP contribution in [0.15, 0.2) is 24.7 Å². The van der Waals surface area contributed by atoms with Crippen LogP contribution in [0.3, 0.4) is 0 Å². The molecule has 10 nitrogen and oxygen atoms in total. The smallest absolute Gasteiger partial charge is 0.319 e. The maximum atomic E-state index is 14.6. The number of rotatable bonds is 7. The summed E-state index contributed by atoms with van der Waals surface area (Å²) >= 11 is 5.96. The summed E-state index contributed by atoms with van der Waals surface area (Å²) in [5, 5.41) is -0.286. The van der Waals surface area contributed by atoms with Crippen molar-refractivity contribution in [2.24, 2.45) is 13.0 Å². The first-order chi connectivity index (χ1) is 16.4. The van der Waals surface area contributed by atoms with Crippen LogP contribution in [0.25, 0.3) is 11.3 Å². The number of hydrogen-bond donors (Lipinski definition) is 2. The fraction of sp³-hybridized carbons (Fsp3) is 0.500. The summed E-state index contributed by atoms with van der Waals surface area (Å²) in [7, 11) is 2.88. The van der Waals surface area contributed by atoms with E-state index in [2.05, 4.69) is 15.2 Å². The van der Waals surface area contributed by atoms with E-state index in [9.17, 15) is 22.4 Å². The van der Waals surface area contributed by atoms with Gasteiger partial charge in [0.2, 0.25) is 10.0 Å². The predicted molar refractivity (Wildman–Crippen MR) is 131 cm³/mol. The molecule has 0 radical (unpaired) electrons. The minimum Gasteiger partial charge on any atom is -0.340 e. The van der Waals surface area contributed by atoms with Gasteiger partial charge in [0.15, 0.2) is 5.82 Å². The van der Waals surface area contributed by atoms with E-state index in [1.807, 2.05) is 0 Å². The number of sulfonamides is 1. The molecule has 1 fully saturated rings. The van der Waals surface area contributed by atoms with Crippen molar-refractivity contribution in [2.45, 2.75) is 31.7 Å². The van der Waals surface area contributed by atoms with Crippen LogP contribution in [-0.4, -0.2) is 72.6 Å². The number of halogens is 2. The maximum Gasteiger partial charge on any atom is 0.319 e. The first kappa shape index (κ1) is 26.9. The van der Waals surface area contributed by atoms with Gasteiger partial charge in [-0.2, -0.15) is 0 Å². The zero-order valence-corrected chi connectivity index (χ0v) is 21.7. The van der Waals surface area contributed by atoms with E-state index in [0.717, 1.165) is 12.8 Å². The highest BCUT2D eigenvalue weighted by Gasteiger charge is 2.31. The Bertz CT molecular complexity index is 1200. The number of benzene rings is 1. The Hall–Kier alpha value is -2.70. The Morgan fingerprint density at radius 1 is 1.26 bits per heavy atom. The van der Waals surface area contributed by atoms with Crippen molar-refractivity contribution in [1.29, 1.82) is 0 Å². The molecule has 0 spiro atoms. The Labute approximate surface area is 209 Å². The van der Waals surface area contributed by atoms with Gasteiger partial charge in [-0.3, -0.25) is 10.2 Å². The lowest BCUT2D eigenvalue weighted by atomic mass is 9.86. The second kappa shape index (κ2) is 10.9. The standard InChI is InChI=1S/C22H30ClFN6O4S/c1-28(2)22(32)30(4)16-7-5-6-14(8-16)12-35(33,34)27-26-21(31)17-9-15(10-18(23)20(17)24)19-11-29(3)13-25-19/h9-11,13-14,16,27H,5-8,12H2,1-4H3,(H,26,31). The fourth-order valence-electron chi connectivity index (χ4n) is 4.24. The molecule has 1 aliphatic carbocycles. The average Bonchev–Trinajstić information content (AvgIpc) is 3.24. The minimum absolute atomic E-state index is 0.0704. The van der Waals surface area contributed by atoms with Crippen molar-refractivity contribution in [3.05, 3.63) is 41.1 Å². The summed E-state index contributed by atoms with van der Waals surface area (Å²) in [6.45, 7) is 0. The molecule has 1 aliphatic rings. The van der Waals surface area contributed by atoms with Gasteiger partial charge in [-0.15, -0.1) is 4.83 Å². The summed E-state index contributed by atoms with van der Waals surface area (Å²) in [5.41, 5.74) is 2.55. The molecule has 1 aromatic heterocycles. The molecular formula is C22H30ClFN6O4S. The number of nitrogens with one attached hydrogen (secondary N) is 2. The van der Waals surface area contributed by atoms with Crippen LogP contribution in [0.5, 0.6) is 0 Å². The van der Waals surface area contributed by atoms with Crippen molar-refractivity contribution in [3.8, 4) is 11.3 Å². The molecule has 1 aromatic carbocycles. The number of carbonyl (C=O) groups is 2. The maximum absolute atomic E-state index is 14.6. The van der Waals surface area contributed by atoms with Crippen LogP contribution >= 0.6 is 11.6 Å². The average molecular weight is 529 g/mol. The molecule has 1 heterocycles. The molecule has 2 aromatic rings. The van der Waals surface area contributed by atoms with Crippen molar-refractivity contribution in [2.75, 3.05) is 26.9 Å². The highest BCUT2D eigenvalue weighted by Crippen LogP contribution is 2.29. The van der Waals surface area contributed by atoms with E-state index in [1.165, 1.54) is 17.0 Å². The van der Waals surface area contributed by atoms with Crippen LogP contribution in [0.1, 0.15) is 36.0 Å². The number of aromatic nitrogens is 2. The van der Waals surface area contributed by atoms with E-state index >= 15 is 0 Å². The first-order valence-electron chi connectivity index (χ1n) is 11.1. The highest BCUT2D eigenvalue weighted by molar-refractivity contribution is 7.89. The van der Waals surface area contributed by atoms with Crippen molar-refractivity contribution >= 4 is 33.6 Å². The second-order valence-electron chi connectivity index (χ2n) is 9.06. The molecule has 1 saturated carbocycles. The molecular weight excluding hydrogens is 499 g/mol. The quantitative estimate of drug-likeness (QED) is 0.536. The molecule has 0 aliphatic heterocycles. The van der Waals surface area contributed by atoms with Gasteiger partial charge in [0, 0.05) is 46.0 Å². The topological polar surface area (TPSA) is 117 Å². The van der Waals surface area contributed by atoms with E-state index < -0.39 is 27.3 Å². The summed E-state index contributed by atoms with van der Waals surface area (Å²) in [6, 6.07) is 2.39. The number of aryl methyl sites for hydroxylation is 1. The molecule has 2 N–H and O–H groups in total. The lowest BCUT2D eigenvalue weighted by Crippen LogP contribution is -2.47. The van der Waals surface area contributed by atoms with Gasteiger partial charge < -0.3 is 14.4 Å².